The molecule has 118 valence electrons. The van der Waals surface area contributed by atoms with Crippen LogP contribution in [0.5, 0.6) is 11.5 Å². The molecule has 1 saturated heterocycles. The van der Waals surface area contributed by atoms with Crippen molar-refractivity contribution < 1.29 is 19.4 Å². The Balaban J connectivity index is 1.86. The Morgan fingerprint density at radius 3 is 2.78 bits per heavy atom. The van der Waals surface area contributed by atoms with Gasteiger partial charge in [0.1, 0.15) is 11.5 Å². The summed E-state index contributed by atoms with van der Waals surface area (Å²) in [6, 6.07) is 11.6. The fourth-order valence-electron chi connectivity index (χ4n) is 2.51. The largest absolute Gasteiger partial charge is 0.478 e. The molecular weight excluding hydrogens is 318 g/mol. The third-order valence-corrected chi connectivity index (χ3v) is 4.03. The Kier molecular flexibility index (Phi) is 4.21. The molecule has 1 aliphatic rings. The number of hydrogen-bond acceptors (Lipinski definition) is 3. The molecule has 2 aromatic carbocycles. The lowest BCUT2D eigenvalue weighted by atomic mass is 9.98. The van der Waals surface area contributed by atoms with E-state index in [1.165, 1.54) is 12.1 Å². The first kappa shape index (κ1) is 15.4. The molecule has 0 unspecified atom stereocenters. The van der Waals surface area contributed by atoms with Crippen LogP contribution in [0, 0.1) is 0 Å². The van der Waals surface area contributed by atoms with Gasteiger partial charge in [-0.3, -0.25) is 4.79 Å². The number of hydrogen-bond donors (Lipinski definition) is 2. The molecule has 1 atom stereocenters. The van der Waals surface area contributed by atoms with Gasteiger partial charge >= 0.3 is 5.97 Å². The van der Waals surface area contributed by atoms with Crippen LogP contribution in [-0.2, 0) is 4.79 Å². The average Bonchev–Trinajstić information content (AvgIpc) is 2.96. The molecule has 6 heteroatoms. The summed E-state index contributed by atoms with van der Waals surface area (Å²) in [6.45, 7) is 0.592. The molecular formula is C17H14ClNO4. The van der Waals surface area contributed by atoms with Crippen LogP contribution >= 0.6 is 11.6 Å². The van der Waals surface area contributed by atoms with Crippen molar-refractivity contribution in [2.24, 2.45) is 0 Å². The molecule has 2 N–H and O–H groups in total. The highest BCUT2D eigenvalue weighted by Gasteiger charge is 2.23. The van der Waals surface area contributed by atoms with E-state index in [2.05, 4.69) is 5.32 Å². The molecule has 1 aliphatic heterocycles. The van der Waals surface area contributed by atoms with E-state index >= 15 is 0 Å². The molecule has 0 aromatic heterocycles. The number of amides is 1. The van der Waals surface area contributed by atoms with Gasteiger partial charge in [-0.25, -0.2) is 4.79 Å². The van der Waals surface area contributed by atoms with Gasteiger partial charge < -0.3 is 15.2 Å². The summed E-state index contributed by atoms with van der Waals surface area (Å²) < 4.78 is 5.73. The number of carbonyl (C=O) groups excluding carboxylic acids is 1. The standard InChI is InChI=1S/C17H14ClNO4/c18-14-5-4-10(12-8-16(20)19-9-12)7-15(14)23-13-3-1-2-11(6-13)17(21)22/h1-7,12H,8-9H2,(H,19,20)(H,21,22)/t12-/m0/s1. The third-order valence-electron chi connectivity index (χ3n) is 3.71. The van der Waals surface area contributed by atoms with Crippen molar-refractivity contribution in [3.63, 3.8) is 0 Å². The number of carboxylic acids is 1. The Hall–Kier alpha value is -2.53. The summed E-state index contributed by atoms with van der Waals surface area (Å²) in [5.74, 6) is -0.0736. The van der Waals surface area contributed by atoms with Gasteiger partial charge in [-0.2, -0.15) is 0 Å². The molecule has 2 aromatic rings. The van der Waals surface area contributed by atoms with Crippen molar-refractivity contribution in [1.82, 2.24) is 5.32 Å². The van der Waals surface area contributed by atoms with E-state index < -0.39 is 5.97 Å². The fraction of sp³-hybridized carbons (Fsp3) is 0.176. The van der Waals surface area contributed by atoms with Crippen molar-refractivity contribution >= 4 is 23.5 Å². The predicted molar refractivity (Wildman–Crippen MR) is 85.3 cm³/mol. The van der Waals surface area contributed by atoms with E-state index in [-0.39, 0.29) is 17.4 Å². The van der Waals surface area contributed by atoms with Crippen molar-refractivity contribution in [1.29, 1.82) is 0 Å². The highest BCUT2D eigenvalue weighted by atomic mass is 35.5. The quantitative estimate of drug-likeness (QED) is 0.900. The van der Waals surface area contributed by atoms with Crippen LogP contribution in [0.25, 0.3) is 0 Å². The van der Waals surface area contributed by atoms with Gasteiger partial charge in [-0.1, -0.05) is 23.7 Å². The predicted octanol–water partition coefficient (Wildman–Crippen LogP) is 3.43. The molecule has 0 spiro atoms. The summed E-state index contributed by atoms with van der Waals surface area (Å²) in [5.41, 5.74) is 1.09. The Labute approximate surface area is 137 Å². The van der Waals surface area contributed by atoms with Crippen LogP contribution in [-0.4, -0.2) is 23.5 Å². The summed E-state index contributed by atoms with van der Waals surface area (Å²) in [6.07, 6.45) is 0.440. The molecule has 1 fully saturated rings. The molecule has 3 rings (SSSR count). The number of aromatic carboxylic acids is 1. The molecule has 1 amide bonds. The summed E-state index contributed by atoms with van der Waals surface area (Å²) in [5, 5.41) is 12.2. The Morgan fingerprint density at radius 1 is 1.26 bits per heavy atom. The second kappa shape index (κ2) is 6.30. The second-order valence-corrected chi connectivity index (χ2v) is 5.74. The highest BCUT2D eigenvalue weighted by molar-refractivity contribution is 6.32. The molecule has 1 heterocycles. The van der Waals surface area contributed by atoms with Gasteiger partial charge in [-0.15, -0.1) is 0 Å². The monoisotopic (exact) mass is 331 g/mol. The van der Waals surface area contributed by atoms with E-state index in [0.29, 0.717) is 29.5 Å². The van der Waals surface area contributed by atoms with Gasteiger partial charge in [0.25, 0.3) is 0 Å². The topological polar surface area (TPSA) is 75.6 Å². The SMILES string of the molecule is O=C1C[C@H](c2ccc(Cl)c(Oc3cccc(C(=O)O)c3)c2)CN1. The zero-order chi connectivity index (χ0) is 16.4. The lowest BCUT2D eigenvalue weighted by Crippen LogP contribution is -2.13. The summed E-state index contributed by atoms with van der Waals surface area (Å²) in [4.78, 5) is 22.4. The number of carboxylic acid groups (broad SMARTS) is 1. The first-order chi connectivity index (χ1) is 11.0. The van der Waals surface area contributed by atoms with E-state index in [0.717, 1.165) is 5.56 Å². The zero-order valence-electron chi connectivity index (χ0n) is 12.1. The summed E-state index contributed by atoms with van der Waals surface area (Å²) >= 11 is 6.16. The second-order valence-electron chi connectivity index (χ2n) is 5.33. The minimum atomic E-state index is -1.02. The van der Waals surface area contributed by atoms with E-state index in [1.54, 1.807) is 24.3 Å². The smallest absolute Gasteiger partial charge is 0.335 e. The normalized spacial score (nSPS) is 16.9. The Morgan fingerprint density at radius 2 is 2.09 bits per heavy atom. The zero-order valence-corrected chi connectivity index (χ0v) is 12.8. The Bertz CT molecular complexity index is 775. The van der Waals surface area contributed by atoms with Crippen LogP contribution in [0.15, 0.2) is 42.5 Å². The first-order valence-electron chi connectivity index (χ1n) is 7.10. The van der Waals surface area contributed by atoms with Crippen molar-refractivity contribution in [2.45, 2.75) is 12.3 Å². The molecule has 0 bridgehead atoms. The third kappa shape index (κ3) is 3.46. The molecule has 23 heavy (non-hydrogen) atoms. The van der Waals surface area contributed by atoms with Crippen LogP contribution in [0.4, 0.5) is 0 Å². The van der Waals surface area contributed by atoms with Crippen molar-refractivity contribution in [2.75, 3.05) is 6.54 Å². The maximum Gasteiger partial charge on any atom is 0.335 e. The van der Waals surface area contributed by atoms with Crippen LogP contribution in [0.2, 0.25) is 5.02 Å². The maximum atomic E-state index is 11.3. The van der Waals surface area contributed by atoms with Gasteiger partial charge in [0.05, 0.1) is 10.6 Å². The van der Waals surface area contributed by atoms with Gasteiger partial charge in [0, 0.05) is 18.9 Å². The van der Waals surface area contributed by atoms with E-state index in [9.17, 15) is 9.59 Å². The van der Waals surface area contributed by atoms with Crippen molar-refractivity contribution in [3.8, 4) is 11.5 Å². The minimum Gasteiger partial charge on any atom is -0.478 e. The van der Waals surface area contributed by atoms with Crippen molar-refractivity contribution in [3.05, 3.63) is 58.6 Å². The fourth-order valence-corrected chi connectivity index (χ4v) is 2.67. The van der Waals surface area contributed by atoms with E-state index in [4.69, 9.17) is 21.4 Å². The number of benzene rings is 2. The first-order valence-corrected chi connectivity index (χ1v) is 7.48. The maximum absolute atomic E-state index is 11.3. The van der Waals surface area contributed by atoms with Crippen LogP contribution < -0.4 is 10.1 Å². The minimum absolute atomic E-state index is 0.0292. The number of carbonyl (C=O) groups is 2. The molecule has 0 radical (unpaired) electrons. The van der Waals surface area contributed by atoms with Crippen LogP contribution in [0.1, 0.15) is 28.3 Å². The van der Waals surface area contributed by atoms with Gasteiger partial charge in [-0.05, 0) is 35.9 Å². The number of ether oxygens (including phenoxy) is 1. The molecule has 0 aliphatic carbocycles. The van der Waals surface area contributed by atoms with Gasteiger partial charge in [0.2, 0.25) is 5.91 Å². The van der Waals surface area contributed by atoms with E-state index in [1.807, 2.05) is 6.07 Å². The van der Waals surface area contributed by atoms with Crippen LogP contribution in [0.3, 0.4) is 0 Å². The lowest BCUT2D eigenvalue weighted by Gasteiger charge is -2.13. The highest BCUT2D eigenvalue weighted by Crippen LogP contribution is 2.34. The lowest BCUT2D eigenvalue weighted by molar-refractivity contribution is -0.119. The number of nitrogens with one attached hydrogen (secondary N) is 1. The van der Waals surface area contributed by atoms with Gasteiger partial charge in [0.15, 0.2) is 0 Å². The average molecular weight is 332 g/mol. The number of halogens is 1. The molecule has 0 saturated carbocycles. The molecule has 5 nitrogen and oxygen atoms in total. The summed E-state index contributed by atoms with van der Waals surface area (Å²) in [7, 11) is 0. The number of rotatable bonds is 4.